The van der Waals surface area contributed by atoms with Gasteiger partial charge in [-0.2, -0.15) is 5.26 Å². The number of nitrogens with one attached hydrogen (secondary N) is 1. The van der Waals surface area contributed by atoms with Crippen LogP contribution in [0.15, 0.2) is 30.3 Å². The number of thiophene rings is 1. The fourth-order valence-electron chi connectivity index (χ4n) is 3.28. The van der Waals surface area contributed by atoms with Crippen LogP contribution in [-0.4, -0.2) is 10.8 Å². The molecule has 1 aromatic carbocycles. The van der Waals surface area contributed by atoms with Crippen molar-refractivity contribution in [2.75, 3.05) is 5.32 Å². The summed E-state index contributed by atoms with van der Waals surface area (Å²) in [6, 6.07) is 8.29. The van der Waals surface area contributed by atoms with Crippen molar-refractivity contribution in [1.29, 1.82) is 5.26 Å². The summed E-state index contributed by atoms with van der Waals surface area (Å²) in [6.45, 7) is 2.18. The van der Waals surface area contributed by atoms with Gasteiger partial charge in [-0.1, -0.05) is 25.5 Å². The number of non-ortho nitro benzene ring substituents is 1. The van der Waals surface area contributed by atoms with E-state index in [9.17, 15) is 20.2 Å². The number of nitrogens with zero attached hydrogens (tertiary/aromatic N) is 2. The highest BCUT2D eigenvalue weighted by molar-refractivity contribution is 7.16. The Balaban J connectivity index is 1.75. The number of benzene rings is 1. The number of carbonyl (C=O) groups excluding carboxylic acids is 1. The van der Waals surface area contributed by atoms with Crippen LogP contribution in [0.3, 0.4) is 0 Å². The number of nitro benzene ring substituents is 1. The molecule has 1 heterocycles. The number of nitro groups is 1. The molecule has 0 bridgehead atoms. The molecule has 1 amide bonds. The van der Waals surface area contributed by atoms with Crippen molar-refractivity contribution in [2.24, 2.45) is 5.92 Å². The molecule has 3 rings (SSSR count). The molecule has 0 fully saturated rings. The summed E-state index contributed by atoms with van der Waals surface area (Å²) in [6.07, 6.45) is 6.89. The lowest BCUT2D eigenvalue weighted by molar-refractivity contribution is -0.384. The Morgan fingerprint density at radius 1 is 1.52 bits per heavy atom. The van der Waals surface area contributed by atoms with E-state index in [4.69, 9.17) is 0 Å². The van der Waals surface area contributed by atoms with E-state index in [1.165, 1.54) is 40.5 Å². The van der Waals surface area contributed by atoms with Crippen molar-refractivity contribution < 1.29 is 9.72 Å². The molecule has 1 aromatic heterocycles. The van der Waals surface area contributed by atoms with E-state index in [1.54, 1.807) is 12.1 Å². The van der Waals surface area contributed by atoms with Crippen molar-refractivity contribution >= 4 is 34.0 Å². The van der Waals surface area contributed by atoms with Gasteiger partial charge in [-0.15, -0.1) is 11.3 Å². The molecule has 1 aliphatic rings. The van der Waals surface area contributed by atoms with Crippen molar-refractivity contribution in [2.45, 2.75) is 32.6 Å². The molecule has 138 valence electrons. The summed E-state index contributed by atoms with van der Waals surface area (Å²) in [7, 11) is 0. The van der Waals surface area contributed by atoms with E-state index < -0.39 is 4.92 Å². The smallest absolute Gasteiger partial charge is 0.270 e. The highest BCUT2D eigenvalue weighted by Crippen LogP contribution is 2.40. The van der Waals surface area contributed by atoms with Gasteiger partial charge in [-0.3, -0.25) is 14.9 Å². The second kappa shape index (κ2) is 8.14. The molecule has 1 aliphatic carbocycles. The van der Waals surface area contributed by atoms with E-state index in [0.29, 0.717) is 22.0 Å². The monoisotopic (exact) mass is 381 g/mol. The van der Waals surface area contributed by atoms with Gasteiger partial charge in [0.15, 0.2) is 0 Å². The number of amides is 1. The van der Waals surface area contributed by atoms with E-state index >= 15 is 0 Å². The Kier molecular flexibility index (Phi) is 5.67. The topological polar surface area (TPSA) is 96.0 Å². The molecule has 2 aromatic rings. The first kappa shape index (κ1) is 18.8. The fraction of sp³-hybridized carbons (Fsp3) is 0.300. The van der Waals surface area contributed by atoms with Gasteiger partial charge in [0.1, 0.15) is 11.1 Å². The second-order valence-electron chi connectivity index (χ2n) is 6.51. The van der Waals surface area contributed by atoms with Gasteiger partial charge in [0.25, 0.3) is 5.69 Å². The third-order valence-corrected chi connectivity index (χ3v) is 5.97. The molecule has 0 radical (unpaired) electrons. The van der Waals surface area contributed by atoms with Gasteiger partial charge >= 0.3 is 0 Å². The Labute approximate surface area is 161 Å². The summed E-state index contributed by atoms with van der Waals surface area (Å²) < 4.78 is 0. The Morgan fingerprint density at radius 2 is 2.33 bits per heavy atom. The predicted octanol–water partition coefficient (Wildman–Crippen LogP) is 4.69. The van der Waals surface area contributed by atoms with Crippen LogP contribution in [-0.2, 0) is 17.6 Å². The average Bonchev–Trinajstić information content (AvgIpc) is 3.02. The lowest BCUT2D eigenvalue weighted by Crippen LogP contribution is -2.12. The van der Waals surface area contributed by atoms with Gasteiger partial charge in [0, 0.05) is 23.1 Å². The molecule has 0 unspecified atom stereocenters. The van der Waals surface area contributed by atoms with E-state index in [2.05, 4.69) is 18.3 Å². The van der Waals surface area contributed by atoms with E-state index in [0.717, 1.165) is 31.2 Å². The first-order chi connectivity index (χ1) is 13.0. The second-order valence-corrected chi connectivity index (χ2v) is 7.62. The number of rotatable bonds is 5. The maximum Gasteiger partial charge on any atom is 0.270 e. The number of hydrogen-bond acceptors (Lipinski definition) is 5. The summed E-state index contributed by atoms with van der Waals surface area (Å²) in [4.78, 5) is 23.8. The number of anilines is 1. The van der Waals surface area contributed by atoms with E-state index in [1.807, 2.05) is 0 Å². The van der Waals surface area contributed by atoms with Crippen LogP contribution in [0.1, 0.15) is 41.3 Å². The van der Waals surface area contributed by atoms with Crippen molar-refractivity contribution in [3.05, 3.63) is 62.0 Å². The Hall–Kier alpha value is -2.98. The van der Waals surface area contributed by atoms with E-state index in [-0.39, 0.29) is 11.6 Å². The van der Waals surface area contributed by atoms with Crippen LogP contribution in [0.4, 0.5) is 10.7 Å². The van der Waals surface area contributed by atoms with Gasteiger partial charge in [0.05, 0.1) is 10.5 Å². The third kappa shape index (κ3) is 4.23. The molecule has 0 spiro atoms. The SMILES string of the molecule is CC[C@@H]1CCc2c(sc(NC(=O)/C=C/c3cccc([N+](=O)[O-])c3)c2C#N)C1. The first-order valence-corrected chi connectivity index (χ1v) is 9.61. The predicted molar refractivity (Wildman–Crippen MR) is 106 cm³/mol. The van der Waals surface area contributed by atoms with Crippen molar-refractivity contribution in [1.82, 2.24) is 0 Å². The normalized spacial score (nSPS) is 15.9. The van der Waals surface area contributed by atoms with Crippen LogP contribution in [0, 0.1) is 27.4 Å². The maximum atomic E-state index is 12.3. The molecule has 0 saturated carbocycles. The highest BCUT2D eigenvalue weighted by Gasteiger charge is 2.25. The van der Waals surface area contributed by atoms with Crippen LogP contribution in [0.25, 0.3) is 6.08 Å². The van der Waals surface area contributed by atoms with Crippen LogP contribution in [0.5, 0.6) is 0 Å². The fourth-order valence-corrected chi connectivity index (χ4v) is 4.59. The molecular formula is C20H19N3O3S. The maximum absolute atomic E-state index is 12.3. The molecule has 6 nitrogen and oxygen atoms in total. The number of fused-ring (bicyclic) bond motifs is 1. The Morgan fingerprint density at radius 3 is 3.04 bits per heavy atom. The zero-order valence-corrected chi connectivity index (χ0v) is 15.7. The van der Waals surface area contributed by atoms with Crippen LogP contribution < -0.4 is 5.32 Å². The molecule has 1 atom stereocenters. The zero-order chi connectivity index (χ0) is 19.4. The lowest BCUT2D eigenvalue weighted by Gasteiger charge is -2.20. The summed E-state index contributed by atoms with van der Waals surface area (Å²) in [5.74, 6) is 0.281. The summed E-state index contributed by atoms with van der Waals surface area (Å²) in [5.41, 5.74) is 2.18. The summed E-state index contributed by atoms with van der Waals surface area (Å²) >= 11 is 1.48. The number of nitriles is 1. The van der Waals surface area contributed by atoms with Gasteiger partial charge in [-0.25, -0.2) is 0 Å². The molecule has 0 aliphatic heterocycles. The van der Waals surface area contributed by atoms with Crippen molar-refractivity contribution in [3.63, 3.8) is 0 Å². The minimum absolute atomic E-state index is 0.0271. The van der Waals surface area contributed by atoms with Gasteiger partial charge in [-0.05, 0) is 42.4 Å². The van der Waals surface area contributed by atoms with Crippen molar-refractivity contribution in [3.8, 4) is 6.07 Å². The standard InChI is InChI=1S/C20H19N3O3S/c1-2-13-6-8-16-17(12-21)20(27-18(16)11-13)22-19(24)9-7-14-4-3-5-15(10-14)23(25)26/h3-5,7,9-10,13H,2,6,8,11H2,1H3,(H,22,24)/b9-7+/t13-/m1/s1. The lowest BCUT2D eigenvalue weighted by atomic mass is 9.86. The average molecular weight is 381 g/mol. The molecule has 0 saturated heterocycles. The van der Waals surface area contributed by atoms with Gasteiger partial charge in [0.2, 0.25) is 5.91 Å². The Bertz CT molecular complexity index is 956. The van der Waals surface area contributed by atoms with Crippen LogP contribution in [0.2, 0.25) is 0 Å². The summed E-state index contributed by atoms with van der Waals surface area (Å²) in [5, 5.41) is 23.7. The van der Waals surface area contributed by atoms with Gasteiger partial charge < -0.3 is 5.32 Å². The minimum atomic E-state index is -0.476. The minimum Gasteiger partial charge on any atom is -0.313 e. The third-order valence-electron chi connectivity index (χ3n) is 4.80. The molecule has 7 heteroatoms. The molecule has 27 heavy (non-hydrogen) atoms. The number of carbonyl (C=O) groups is 1. The number of hydrogen-bond donors (Lipinski definition) is 1. The largest absolute Gasteiger partial charge is 0.313 e. The zero-order valence-electron chi connectivity index (χ0n) is 14.9. The molecular weight excluding hydrogens is 362 g/mol. The quantitative estimate of drug-likeness (QED) is 0.461. The first-order valence-electron chi connectivity index (χ1n) is 8.80. The van der Waals surface area contributed by atoms with Crippen LogP contribution >= 0.6 is 11.3 Å². The highest BCUT2D eigenvalue weighted by atomic mass is 32.1. The molecule has 1 N–H and O–H groups in total.